The van der Waals surface area contributed by atoms with Crippen LogP contribution in [0.25, 0.3) is 11.0 Å². The monoisotopic (exact) mass is 290 g/mol. The molecule has 1 aromatic carbocycles. The molecular weight excluding hydrogens is 268 g/mol. The number of carboxylic acid groups (broad SMARTS) is 1. The smallest absolute Gasteiger partial charge is 0.335 e. The van der Waals surface area contributed by atoms with Gasteiger partial charge < -0.3 is 14.4 Å². The van der Waals surface area contributed by atoms with E-state index in [0.29, 0.717) is 5.92 Å². The van der Waals surface area contributed by atoms with Crippen LogP contribution in [0.4, 0.5) is 0 Å². The predicted molar refractivity (Wildman–Crippen MR) is 81.9 cm³/mol. The summed E-state index contributed by atoms with van der Waals surface area (Å²) < 4.78 is 7.27. The number of hydrogen-bond donors (Lipinski definition) is 1. The van der Waals surface area contributed by atoms with E-state index in [-0.39, 0.29) is 5.56 Å². The number of methoxy groups -OCH3 is 1. The molecule has 0 radical (unpaired) electrons. The molecular formula is C16H22N2O3. The fourth-order valence-corrected chi connectivity index (χ4v) is 2.47. The van der Waals surface area contributed by atoms with Gasteiger partial charge in [-0.3, -0.25) is 0 Å². The molecule has 0 saturated heterocycles. The van der Waals surface area contributed by atoms with E-state index in [1.165, 1.54) is 0 Å². The fourth-order valence-electron chi connectivity index (χ4n) is 2.47. The van der Waals surface area contributed by atoms with Crippen molar-refractivity contribution in [2.24, 2.45) is 0 Å². The number of imidazole rings is 1. The highest BCUT2D eigenvalue weighted by Crippen LogP contribution is 2.23. The summed E-state index contributed by atoms with van der Waals surface area (Å²) in [5.41, 5.74) is 2.04. The molecule has 0 amide bonds. The third kappa shape index (κ3) is 3.42. The number of benzene rings is 1. The van der Waals surface area contributed by atoms with Crippen molar-refractivity contribution in [3.05, 3.63) is 29.6 Å². The van der Waals surface area contributed by atoms with E-state index in [1.807, 2.05) is 6.07 Å². The maximum atomic E-state index is 11.1. The van der Waals surface area contributed by atoms with Gasteiger partial charge in [-0.25, -0.2) is 9.78 Å². The molecule has 0 aliphatic rings. The maximum Gasteiger partial charge on any atom is 0.335 e. The summed E-state index contributed by atoms with van der Waals surface area (Å²) >= 11 is 0. The number of aryl methyl sites for hydroxylation is 1. The number of carbonyl (C=O) groups is 1. The summed E-state index contributed by atoms with van der Waals surface area (Å²) in [5.74, 6) is 0.385. The van der Waals surface area contributed by atoms with E-state index in [9.17, 15) is 4.79 Å². The Hall–Kier alpha value is -1.88. The fraction of sp³-hybridized carbons (Fsp3) is 0.500. The van der Waals surface area contributed by atoms with Crippen molar-refractivity contribution in [2.45, 2.75) is 39.2 Å². The van der Waals surface area contributed by atoms with Gasteiger partial charge in [0.05, 0.1) is 16.6 Å². The number of fused-ring (bicyclic) bond motifs is 1. The number of rotatable bonds is 7. The molecule has 0 saturated carbocycles. The highest BCUT2D eigenvalue weighted by atomic mass is 16.5. The number of carboxylic acids is 1. The van der Waals surface area contributed by atoms with Crippen LogP contribution in [0, 0.1) is 0 Å². The van der Waals surface area contributed by atoms with Gasteiger partial charge in [-0.1, -0.05) is 13.8 Å². The van der Waals surface area contributed by atoms with E-state index in [2.05, 4.69) is 23.4 Å². The first-order chi connectivity index (χ1) is 10.0. The lowest BCUT2D eigenvalue weighted by molar-refractivity contribution is 0.0697. The van der Waals surface area contributed by atoms with Crippen LogP contribution in [0.1, 0.15) is 48.8 Å². The van der Waals surface area contributed by atoms with E-state index >= 15 is 0 Å². The summed E-state index contributed by atoms with van der Waals surface area (Å²) in [6.45, 7) is 5.84. The molecule has 2 rings (SSSR count). The lowest BCUT2D eigenvalue weighted by Crippen LogP contribution is -2.06. The van der Waals surface area contributed by atoms with Crippen LogP contribution in [0.5, 0.6) is 0 Å². The second kappa shape index (κ2) is 6.72. The quantitative estimate of drug-likeness (QED) is 0.795. The van der Waals surface area contributed by atoms with Crippen LogP contribution in [-0.2, 0) is 11.3 Å². The zero-order chi connectivity index (χ0) is 15.4. The van der Waals surface area contributed by atoms with E-state index in [4.69, 9.17) is 9.84 Å². The maximum absolute atomic E-state index is 11.1. The largest absolute Gasteiger partial charge is 0.478 e. The average Bonchev–Trinajstić information content (AvgIpc) is 2.81. The van der Waals surface area contributed by atoms with Gasteiger partial charge in [0.25, 0.3) is 0 Å². The second-order valence-electron chi connectivity index (χ2n) is 5.48. The van der Waals surface area contributed by atoms with Crippen LogP contribution < -0.4 is 0 Å². The van der Waals surface area contributed by atoms with Crippen molar-refractivity contribution in [1.82, 2.24) is 9.55 Å². The topological polar surface area (TPSA) is 64.4 Å². The Morgan fingerprint density at radius 1 is 1.38 bits per heavy atom. The molecule has 1 N–H and O–H groups in total. The Labute approximate surface area is 124 Å². The molecule has 0 atom stereocenters. The summed E-state index contributed by atoms with van der Waals surface area (Å²) in [4.78, 5) is 15.7. The molecule has 0 aliphatic heterocycles. The highest BCUT2D eigenvalue weighted by molar-refractivity contribution is 5.92. The van der Waals surface area contributed by atoms with E-state index in [0.717, 1.165) is 42.9 Å². The second-order valence-corrected chi connectivity index (χ2v) is 5.48. The van der Waals surface area contributed by atoms with Gasteiger partial charge in [0.1, 0.15) is 5.82 Å². The third-order valence-corrected chi connectivity index (χ3v) is 3.52. The third-order valence-electron chi connectivity index (χ3n) is 3.52. The van der Waals surface area contributed by atoms with Crippen LogP contribution in [0.2, 0.25) is 0 Å². The van der Waals surface area contributed by atoms with Gasteiger partial charge >= 0.3 is 5.97 Å². The Balaban J connectivity index is 2.36. The van der Waals surface area contributed by atoms with Crippen molar-refractivity contribution < 1.29 is 14.6 Å². The van der Waals surface area contributed by atoms with Gasteiger partial charge in [-0.05, 0) is 31.0 Å². The molecule has 0 aliphatic carbocycles. The zero-order valence-corrected chi connectivity index (χ0v) is 12.8. The number of aromatic carboxylic acids is 1. The molecule has 0 fully saturated rings. The first-order valence-corrected chi connectivity index (χ1v) is 7.27. The molecule has 0 spiro atoms. The van der Waals surface area contributed by atoms with Gasteiger partial charge in [-0.2, -0.15) is 0 Å². The molecule has 5 heteroatoms. The SMILES string of the molecule is COCCCCn1c(C(C)C)nc2cc(C(=O)O)ccc21. The van der Waals surface area contributed by atoms with Crippen molar-refractivity contribution in [2.75, 3.05) is 13.7 Å². The van der Waals surface area contributed by atoms with Crippen molar-refractivity contribution in [3.63, 3.8) is 0 Å². The lowest BCUT2D eigenvalue weighted by atomic mass is 10.2. The summed E-state index contributed by atoms with van der Waals surface area (Å²) in [5, 5.41) is 9.08. The Morgan fingerprint density at radius 3 is 2.76 bits per heavy atom. The highest BCUT2D eigenvalue weighted by Gasteiger charge is 2.15. The minimum Gasteiger partial charge on any atom is -0.478 e. The van der Waals surface area contributed by atoms with E-state index in [1.54, 1.807) is 19.2 Å². The van der Waals surface area contributed by atoms with Crippen molar-refractivity contribution >= 4 is 17.0 Å². The lowest BCUT2D eigenvalue weighted by Gasteiger charge is -2.11. The Bertz CT molecular complexity index is 632. The molecule has 2 aromatic rings. The van der Waals surface area contributed by atoms with Crippen LogP contribution in [0.15, 0.2) is 18.2 Å². The Kier molecular flexibility index (Phi) is 4.96. The molecule has 21 heavy (non-hydrogen) atoms. The molecule has 1 heterocycles. The van der Waals surface area contributed by atoms with Crippen LogP contribution >= 0.6 is 0 Å². The number of ether oxygens (including phenoxy) is 1. The number of hydrogen-bond acceptors (Lipinski definition) is 3. The zero-order valence-electron chi connectivity index (χ0n) is 12.8. The standard InChI is InChI=1S/C16H22N2O3/c1-11(2)15-17-13-10-12(16(19)20)6-7-14(13)18(15)8-4-5-9-21-3/h6-7,10-11H,4-5,8-9H2,1-3H3,(H,19,20). The molecule has 0 bridgehead atoms. The molecule has 0 unspecified atom stereocenters. The van der Waals surface area contributed by atoms with Gasteiger partial charge in [0, 0.05) is 26.2 Å². The van der Waals surface area contributed by atoms with Crippen molar-refractivity contribution in [1.29, 1.82) is 0 Å². The minimum atomic E-state index is -0.919. The first-order valence-electron chi connectivity index (χ1n) is 7.27. The normalized spacial score (nSPS) is 11.4. The first kappa shape index (κ1) is 15.5. The average molecular weight is 290 g/mol. The van der Waals surface area contributed by atoms with Gasteiger partial charge in [0.2, 0.25) is 0 Å². The predicted octanol–water partition coefficient (Wildman–Crippen LogP) is 3.28. The summed E-state index contributed by atoms with van der Waals surface area (Å²) in [7, 11) is 1.71. The molecule has 114 valence electrons. The summed E-state index contributed by atoms with van der Waals surface area (Å²) in [6.07, 6.45) is 2.01. The molecule has 1 aromatic heterocycles. The van der Waals surface area contributed by atoms with E-state index < -0.39 is 5.97 Å². The van der Waals surface area contributed by atoms with Crippen molar-refractivity contribution in [3.8, 4) is 0 Å². The van der Waals surface area contributed by atoms with Gasteiger partial charge in [0.15, 0.2) is 0 Å². The van der Waals surface area contributed by atoms with Gasteiger partial charge in [-0.15, -0.1) is 0 Å². The summed E-state index contributed by atoms with van der Waals surface area (Å²) in [6, 6.07) is 5.14. The number of aromatic nitrogens is 2. The molecule has 5 nitrogen and oxygen atoms in total. The Morgan fingerprint density at radius 2 is 2.14 bits per heavy atom. The number of unbranched alkanes of at least 4 members (excludes halogenated alkanes) is 1. The van der Waals surface area contributed by atoms with Crippen LogP contribution in [0.3, 0.4) is 0 Å². The van der Waals surface area contributed by atoms with Crippen LogP contribution in [-0.4, -0.2) is 34.3 Å². The number of nitrogens with zero attached hydrogens (tertiary/aromatic N) is 2. The minimum absolute atomic E-state index is 0.279.